The quantitative estimate of drug-likeness (QED) is 0.530. The minimum atomic E-state index is -1.17. The Morgan fingerprint density at radius 2 is 2.20 bits per heavy atom. The molecule has 0 bridgehead atoms. The zero-order chi connectivity index (χ0) is 8.20. The molecule has 0 aromatic carbocycles. The van der Waals surface area contributed by atoms with Crippen molar-refractivity contribution < 1.29 is 4.39 Å². The third kappa shape index (κ3) is 4.30. The van der Waals surface area contributed by atoms with E-state index in [1.165, 1.54) is 0 Å². The van der Waals surface area contributed by atoms with Crippen LogP contribution in [0.2, 0.25) is 0 Å². The predicted molar refractivity (Wildman–Crippen MR) is 43.8 cm³/mol. The van der Waals surface area contributed by atoms with Gasteiger partial charge >= 0.3 is 0 Å². The third-order valence-corrected chi connectivity index (χ3v) is 1.41. The zero-order valence-electron chi connectivity index (χ0n) is 6.95. The Kier molecular flexibility index (Phi) is 3.34. The average molecular weight is 142 g/mol. The van der Waals surface area contributed by atoms with Crippen molar-refractivity contribution in [2.45, 2.75) is 32.9 Å². The van der Waals surface area contributed by atoms with Gasteiger partial charge in [-0.15, -0.1) is 0 Å². The van der Waals surface area contributed by atoms with Crippen molar-refractivity contribution in [2.75, 3.05) is 0 Å². The predicted octanol–water partition coefficient (Wildman–Crippen LogP) is 3.26. The Morgan fingerprint density at radius 1 is 1.70 bits per heavy atom. The van der Waals surface area contributed by atoms with Gasteiger partial charge in [-0.1, -0.05) is 25.2 Å². The van der Waals surface area contributed by atoms with Crippen LogP contribution in [0.5, 0.6) is 0 Å². The Labute approximate surface area is 62.4 Å². The molecule has 0 fully saturated rings. The van der Waals surface area contributed by atoms with Gasteiger partial charge in [-0.2, -0.15) is 0 Å². The van der Waals surface area contributed by atoms with Crippen LogP contribution in [0.4, 0.5) is 4.39 Å². The monoisotopic (exact) mass is 142 g/mol. The van der Waals surface area contributed by atoms with Crippen LogP contribution in [0.3, 0.4) is 0 Å². The minimum Gasteiger partial charge on any atom is -0.240 e. The van der Waals surface area contributed by atoms with Crippen LogP contribution in [0, 0.1) is 0 Å². The van der Waals surface area contributed by atoms with Gasteiger partial charge in [-0.25, -0.2) is 4.39 Å². The van der Waals surface area contributed by atoms with Crippen molar-refractivity contribution >= 4 is 0 Å². The molecule has 0 aromatic rings. The standard InChI is InChI=1S/C9H15F/c1-5-9(4,10)7-6-8(2)3/h6-7H,2,5H2,1,3-4H3/b7-6-/t9-/m0/s1. The lowest BCUT2D eigenvalue weighted by atomic mass is 10.0. The van der Waals surface area contributed by atoms with E-state index in [1.54, 1.807) is 19.1 Å². The lowest BCUT2D eigenvalue weighted by Crippen LogP contribution is -2.11. The second kappa shape index (κ2) is 3.55. The molecule has 58 valence electrons. The molecule has 0 amide bonds. The average Bonchev–Trinajstić information content (AvgIpc) is 1.85. The topological polar surface area (TPSA) is 0 Å². The van der Waals surface area contributed by atoms with Crippen LogP contribution in [-0.2, 0) is 0 Å². The second-order valence-corrected chi connectivity index (χ2v) is 2.81. The molecule has 10 heavy (non-hydrogen) atoms. The molecule has 0 unspecified atom stereocenters. The fourth-order valence-electron chi connectivity index (χ4n) is 0.434. The highest BCUT2D eigenvalue weighted by Gasteiger charge is 2.14. The summed E-state index contributed by atoms with van der Waals surface area (Å²) in [5.41, 5.74) is -0.281. The first kappa shape index (κ1) is 9.41. The van der Waals surface area contributed by atoms with Gasteiger partial charge in [0.1, 0.15) is 5.67 Å². The Hall–Kier alpha value is -0.590. The second-order valence-electron chi connectivity index (χ2n) is 2.81. The van der Waals surface area contributed by atoms with E-state index < -0.39 is 5.67 Å². The Morgan fingerprint density at radius 3 is 2.50 bits per heavy atom. The summed E-state index contributed by atoms with van der Waals surface area (Å²) in [7, 11) is 0. The maximum absolute atomic E-state index is 13.1. The molecule has 0 radical (unpaired) electrons. The molecule has 1 atom stereocenters. The maximum Gasteiger partial charge on any atom is 0.126 e. The number of halogens is 1. The highest BCUT2D eigenvalue weighted by molar-refractivity contribution is 5.15. The van der Waals surface area contributed by atoms with E-state index in [2.05, 4.69) is 6.58 Å². The van der Waals surface area contributed by atoms with E-state index >= 15 is 0 Å². The summed E-state index contributed by atoms with van der Waals surface area (Å²) in [5.74, 6) is 0. The zero-order valence-corrected chi connectivity index (χ0v) is 6.95. The first-order chi connectivity index (χ1) is 4.48. The summed E-state index contributed by atoms with van der Waals surface area (Å²) in [6.45, 7) is 8.87. The smallest absolute Gasteiger partial charge is 0.126 e. The molecule has 0 aliphatic heterocycles. The Balaban J connectivity index is 3.99. The summed E-state index contributed by atoms with van der Waals surface area (Å²) in [6, 6.07) is 0. The van der Waals surface area contributed by atoms with Gasteiger partial charge in [0, 0.05) is 0 Å². The first-order valence-corrected chi connectivity index (χ1v) is 3.51. The maximum atomic E-state index is 13.1. The summed E-state index contributed by atoms with van der Waals surface area (Å²) >= 11 is 0. The van der Waals surface area contributed by atoms with Crippen LogP contribution in [0.15, 0.2) is 24.3 Å². The molecule has 0 aliphatic carbocycles. The molecule has 0 saturated heterocycles. The van der Waals surface area contributed by atoms with Gasteiger partial charge in [0.25, 0.3) is 0 Å². The fraction of sp³-hybridized carbons (Fsp3) is 0.556. The normalized spacial score (nSPS) is 17.2. The van der Waals surface area contributed by atoms with Crippen LogP contribution in [0.25, 0.3) is 0 Å². The number of hydrogen-bond acceptors (Lipinski definition) is 0. The highest BCUT2D eigenvalue weighted by atomic mass is 19.1. The highest BCUT2D eigenvalue weighted by Crippen LogP contribution is 2.16. The molecule has 0 saturated carbocycles. The van der Waals surface area contributed by atoms with E-state index in [9.17, 15) is 4.39 Å². The molecule has 0 aliphatic rings. The van der Waals surface area contributed by atoms with Crippen LogP contribution >= 0.6 is 0 Å². The van der Waals surface area contributed by atoms with Crippen LogP contribution in [0.1, 0.15) is 27.2 Å². The van der Waals surface area contributed by atoms with E-state index in [-0.39, 0.29) is 0 Å². The first-order valence-electron chi connectivity index (χ1n) is 3.51. The number of allylic oxidation sites excluding steroid dienone is 3. The third-order valence-electron chi connectivity index (χ3n) is 1.41. The molecular formula is C9H15F. The van der Waals surface area contributed by atoms with Crippen molar-refractivity contribution in [2.24, 2.45) is 0 Å². The Bertz CT molecular complexity index is 143. The van der Waals surface area contributed by atoms with Gasteiger partial charge in [0.05, 0.1) is 0 Å². The lowest BCUT2D eigenvalue weighted by molar-refractivity contribution is 0.250. The van der Waals surface area contributed by atoms with Crippen LogP contribution in [-0.4, -0.2) is 5.67 Å². The summed E-state index contributed by atoms with van der Waals surface area (Å²) in [5, 5.41) is 0. The van der Waals surface area contributed by atoms with Crippen molar-refractivity contribution in [3.8, 4) is 0 Å². The molecule has 0 nitrogen and oxygen atoms in total. The number of alkyl halides is 1. The fourth-order valence-corrected chi connectivity index (χ4v) is 0.434. The van der Waals surface area contributed by atoms with Crippen molar-refractivity contribution in [3.63, 3.8) is 0 Å². The number of hydrogen-bond donors (Lipinski definition) is 0. The van der Waals surface area contributed by atoms with E-state index in [4.69, 9.17) is 0 Å². The van der Waals surface area contributed by atoms with Gasteiger partial charge in [0.15, 0.2) is 0 Å². The molecule has 0 N–H and O–H groups in total. The van der Waals surface area contributed by atoms with Gasteiger partial charge in [-0.05, 0) is 26.3 Å². The molecule has 0 heterocycles. The molecule has 1 heteroatoms. The number of rotatable bonds is 3. The van der Waals surface area contributed by atoms with Crippen molar-refractivity contribution in [1.29, 1.82) is 0 Å². The van der Waals surface area contributed by atoms with Crippen molar-refractivity contribution in [3.05, 3.63) is 24.3 Å². The lowest BCUT2D eigenvalue weighted by Gasteiger charge is -2.11. The minimum absolute atomic E-state index is 0.511. The summed E-state index contributed by atoms with van der Waals surface area (Å²) in [4.78, 5) is 0. The van der Waals surface area contributed by atoms with E-state index in [1.807, 2.05) is 13.8 Å². The molecule has 0 aromatic heterocycles. The summed E-state index contributed by atoms with van der Waals surface area (Å²) in [6.07, 6.45) is 3.77. The molecular weight excluding hydrogens is 127 g/mol. The van der Waals surface area contributed by atoms with E-state index in [0.29, 0.717) is 6.42 Å². The van der Waals surface area contributed by atoms with Crippen LogP contribution < -0.4 is 0 Å². The molecule has 0 rings (SSSR count). The SMILES string of the molecule is C=C(C)/C=C\[C@@](C)(F)CC. The largest absolute Gasteiger partial charge is 0.240 e. The van der Waals surface area contributed by atoms with Gasteiger partial charge in [-0.3, -0.25) is 0 Å². The molecule has 0 spiro atoms. The van der Waals surface area contributed by atoms with Gasteiger partial charge in [0.2, 0.25) is 0 Å². The summed E-state index contributed by atoms with van der Waals surface area (Å²) < 4.78 is 13.1. The van der Waals surface area contributed by atoms with Crippen molar-refractivity contribution in [1.82, 2.24) is 0 Å². The van der Waals surface area contributed by atoms with Gasteiger partial charge < -0.3 is 0 Å². The van der Waals surface area contributed by atoms with E-state index in [0.717, 1.165) is 5.57 Å².